The molecule has 2 N–H and O–H groups in total. The van der Waals surface area contributed by atoms with Crippen molar-refractivity contribution in [1.82, 2.24) is 10.6 Å². The van der Waals surface area contributed by atoms with E-state index in [0.717, 1.165) is 12.0 Å². The standard InChI is InChI=1S/C14H18N2O3/c1-10-4-6-11(7-5-10)19-9-13(17)16-12-3-2-8-15-14(12)18/h4-7,12H,2-3,8-9H2,1H3,(H,15,18)(H,16,17)/t12-/m1/s1. The highest BCUT2D eigenvalue weighted by molar-refractivity contribution is 5.88. The van der Waals surface area contributed by atoms with E-state index in [9.17, 15) is 9.59 Å². The van der Waals surface area contributed by atoms with Gasteiger partial charge in [-0.25, -0.2) is 0 Å². The molecule has 1 saturated heterocycles. The minimum atomic E-state index is -0.428. The average Bonchev–Trinajstić information content (AvgIpc) is 2.41. The summed E-state index contributed by atoms with van der Waals surface area (Å²) >= 11 is 0. The van der Waals surface area contributed by atoms with Crippen molar-refractivity contribution in [2.75, 3.05) is 13.2 Å². The van der Waals surface area contributed by atoms with E-state index in [2.05, 4.69) is 10.6 Å². The molecule has 0 aromatic heterocycles. The predicted octanol–water partition coefficient (Wildman–Crippen LogP) is 0.769. The Bertz CT molecular complexity index is 456. The monoisotopic (exact) mass is 262 g/mol. The second-order valence-electron chi connectivity index (χ2n) is 4.66. The molecule has 0 spiro atoms. The zero-order valence-corrected chi connectivity index (χ0v) is 10.9. The van der Waals surface area contributed by atoms with Gasteiger partial charge in [0.1, 0.15) is 11.8 Å². The van der Waals surface area contributed by atoms with Gasteiger partial charge in [0.25, 0.3) is 5.91 Å². The van der Waals surface area contributed by atoms with E-state index in [1.54, 1.807) is 0 Å². The zero-order valence-electron chi connectivity index (χ0n) is 10.9. The van der Waals surface area contributed by atoms with E-state index < -0.39 is 6.04 Å². The first-order chi connectivity index (χ1) is 9.15. The molecular weight excluding hydrogens is 244 g/mol. The fourth-order valence-corrected chi connectivity index (χ4v) is 1.93. The molecule has 2 rings (SSSR count). The summed E-state index contributed by atoms with van der Waals surface area (Å²) in [5.74, 6) is 0.256. The topological polar surface area (TPSA) is 67.4 Å². The maximum Gasteiger partial charge on any atom is 0.258 e. The Morgan fingerprint density at radius 1 is 1.42 bits per heavy atom. The molecule has 5 heteroatoms. The SMILES string of the molecule is Cc1ccc(OCC(=O)N[C@@H]2CCCNC2=O)cc1. The lowest BCUT2D eigenvalue weighted by atomic mass is 10.1. The quantitative estimate of drug-likeness (QED) is 0.842. The third-order valence-corrected chi connectivity index (χ3v) is 3.01. The molecule has 1 fully saturated rings. The largest absolute Gasteiger partial charge is 0.484 e. The highest BCUT2D eigenvalue weighted by Crippen LogP contribution is 2.11. The third kappa shape index (κ3) is 3.98. The van der Waals surface area contributed by atoms with Crippen molar-refractivity contribution in [3.05, 3.63) is 29.8 Å². The summed E-state index contributed by atoms with van der Waals surface area (Å²) in [5, 5.41) is 5.40. The van der Waals surface area contributed by atoms with Crippen LogP contribution in [0.15, 0.2) is 24.3 Å². The Balaban J connectivity index is 1.78. The van der Waals surface area contributed by atoms with E-state index in [4.69, 9.17) is 4.74 Å². The molecule has 1 atom stereocenters. The van der Waals surface area contributed by atoms with E-state index in [-0.39, 0.29) is 18.4 Å². The van der Waals surface area contributed by atoms with Crippen LogP contribution in [-0.4, -0.2) is 31.0 Å². The Morgan fingerprint density at radius 3 is 2.84 bits per heavy atom. The number of hydrogen-bond donors (Lipinski definition) is 2. The van der Waals surface area contributed by atoms with E-state index in [1.807, 2.05) is 31.2 Å². The fourth-order valence-electron chi connectivity index (χ4n) is 1.93. The van der Waals surface area contributed by atoms with Crippen molar-refractivity contribution in [1.29, 1.82) is 0 Å². The van der Waals surface area contributed by atoms with Crippen LogP contribution in [0.3, 0.4) is 0 Å². The summed E-state index contributed by atoms with van der Waals surface area (Å²) in [5.41, 5.74) is 1.13. The lowest BCUT2D eigenvalue weighted by Gasteiger charge is -2.22. The molecule has 1 aromatic rings. The first-order valence-electron chi connectivity index (χ1n) is 6.42. The second kappa shape index (κ2) is 6.22. The zero-order chi connectivity index (χ0) is 13.7. The first kappa shape index (κ1) is 13.4. The molecule has 0 aliphatic carbocycles. The molecule has 1 aliphatic heterocycles. The molecule has 2 amide bonds. The number of hydrogen-bond acceptors (Lipinski definition) is 3. The van der Waals surface area contributed by atoms with Crippen LogP contribution in [0, 0.1) is 6.92 Å². The molecule has 0 radical (unpaired) electrons. The van der Waals surface area contributed by atoms with Crippen LogP contribution >= 0.6 is 0 Å². The molecule has 1 aliphatic rings. The smallest absolute Gasteiger partial charge is 0.258 e. The summed E-state index contributed by atoms with van der Waals surface area (Å²) in [7, 11) is 0. The van der Waals surface area contributed by atoms with Gasteiger partial charge in [0.15, 0.2) is 6.61 Å². The van der Waals surface area contributed by atoms with Gasteiger partial charge in [-0.15, -0.1) is 0 Å². The lowest BCUT2D eigenvalue weighted by molar-refractivity contribution is -0.131. The van der Waals surface area contributed by atoms with E-state index in [0.29, 0.717) is 18.7 Å². The van der Waals surface area contributed by atoms with Gasteiger partial charge in [-0.2, -0.15) is 0 Å². The molecule has 0 unspecified atom stereocenters. The molecule has 0 saturated carbocycles. The average molecular weight is 262 g/mol. The molecule has 19 heavy (non-hydrogen) atoms. The van der Waals surface area contributed by atoms with Crippen molar-refractivity contribution in [3.8, 4) is 5.75 Å². The summed E-state index contributed by atoms with van der Waals surface area (Å²) in [6, 6.07) is 7.04. The van der Waals surface area contributed by atoms with Crippen LogP contribution in [0.4, 0.5) is 0 Å². The Hall–Kier alpha value is -2.04. The maximum absolute atomic E-state index is 11.7. The third-order valence-electron chi connectivity index (χ3n) is 3.01. The van der Waals surface area contributed by atoms with Gasteiger partial charge in [0.2, 0.25) is 5.91 Å². The van der Waals surface area contributed by atoms with Crippen LogP contribution < -0.4 is 15.4 Å². The van der Waals surface area contributed by atoms with Gasteiger partial charge >= 0.3 is 0 Å². The summed E-state index contributed by atoms with van der Waals surface area (Å²) in [6.07, 6.45) is 1.57. The van der Waals surface area contributed by atoms with Crippen LogP contribution in [-0.2, 0) is 9.59 Å². The number of carbonyl (C=O) groups is 2. The van der Waals surface area contributed by atoms with Crippen molar-refractivity contribution in [2.24, 2.45) is 0 Å². The normalized spacial score (nSPS) is 18.6. The molecular formula is C14H18N2O3. The number of nitrogens with one attached hydrogen (secondary N) is 2. The van der Waals surface area contributed by atoms with Crippen LogP contribution in [0.2, 0.25) is 0 Å². The molecule has 1 aromatic carbocycles. The van der Waals surface area contributed by atoms with Crippen molar-refractivity contribution in [3.63, 3.8) is 0 Å². The second-order valence-corrected chi connectivity index (χ2v) is 4.66. The van der Waals surface area contributed by atoms with E-state index in [1.165, 1.54) is 0 Å². The summed E-state index contributed by atoms with van der Waals surface area (Å²) < 4.78 is 5.36. The first-order valence-corrected chi connectivity index (χ1v) is 6.42. The van der Waals surface area contributed by atoms with E-state index >= 15 is 0 Å². The number of amides is 2. The highest BCUT2D eigenvalue weighted by atomic mass is 16.5. The number of benzene rings is 1. The fraction of sp³-hybridized carbons (Fsp3) is 0.429. The number of carbonyl (C=O) groups excluding carboxylic acids is 2. The lowest BCUT2D eigenvalue weighted by Crippen LogP contribution is -2.51. The van der Waals surface area contributed by atoms with Crippen molar-refractivity contribution < 1.29 is 14.3 Å². The molecule has 102 valence electrons. The molecule has 1 heterocycles. The molecule has 0 bridgehead atoms. The van der Waals surface area contributed by atoms with Crippen LogP contribution in [0.25, 0.3) is 0 Å². The van der Waals surface area contributed by atoms with Gasteiger partial charge in [0.05, 0.1) is 0 Å². The van der Waals surface area contributed by atoms with Gasteiger partial charge in [-0.1, -0.05) is 17.7 Å². The maximum atomic E-state index is 11.7. The summed E-state index contributed by atoms with van der Waals surface area (Å²) in [6.45, 7) is 2.59. The van der Waals surface area contributed by atoms with Crippen molar-refractivity contribution in [2.45, 2.75) is 25.8 Å². The Morgan fingerprint density at radius 2 is 2.16 bits per heavy atom. The van der Waals surface area contributed by atoms with Gasteiger partial charge in [-0.3, -0.25) is 9.59 Å². The summed E-state index contributed by atoms with van der Waals surface area (Å²) in [4.78, 5) is 23.2. The Labute approximate surface area is 112 Å². The van der Waals surface area contributed by atoms with Crippen LogP contribution in [0.5, 0.6) is 5.75 Å². The predicted molar refractivity (Wildman–Crippen MR) is 70.8 cm³/mol. The number of rotatable bonds is 4. The number of ether oxygens (including phenoxy) is 1. The Kier molecular flexibility index (Phi) is 4.39. The minimum Gasteiger partial charge on any atom is -0.484 e. The van der Waals surface area contributed by atoms with Crippen molar-refractivity contribution >= 4 is 11.8 Å². The molecule has 5 nitrogen and oxygen atoms in total. The van der Waals surface area contributed by atoms with Crippen LogP contribution in [0.1, 0.15) is 18.4 Å². The highest BCUT2D eigenvalue weighted by Gasteiger charge is 2.23. The number of aryl methyl sites for hydroxylation is 1. The van der Waals surface area contributed by atoms with Gasteiger partial charge in [0, 0.05) is 6.54 Å². The van der Waals surface area contributed by atoms with Gasteiger partial charge in [-0.05, 0) is 31.9 Å². The number of piperidine rings is 1. The minimum absolute atomic E-state index is 0.0765. The van der Waals surface area contributed by atoms with Gasteiger partial charge < -0.3 is 15.4 Å².